The maximum atomic E-state index is 11.4. The lowest BCUT2D eigenvalue weighted by Crippen LogP contribution is -2.11. The molecule has 188 valence electrons. The van der Waals surface area contributed by atoms with Crippen LogP contribution in [0, 0.1) is 21.4 Å². The smallest absolute Gasteiger partial charge is 0.270 e. The van der Waals surface area contributed by atoms with Crippen molar-refractivity contribution in [2.75, 3.05) is 7.11 Å². The molecule has 0 radical (unpaired) electrons. The summed E-state index contributed by atoms with van der Waals surface area (Å²) in [5.74, 6) is 0.496. The topological polar surface area (TPSA) is 103 Å². The minimum Gasteiger partial charge on any atom is -0.496 e. The molecular formula is C30H24N4O4. The summed E-state index contributed by atoms with van der Waals surface area (Å²) in [5.41, 5.74) is 4.42. The zero-order chi connectivity index (χ0) is 26.6. The van der Waals surface area contributed by atoms with Gasteiger partial charge in [0.2, 0.25) is 0 Å². The molecule has 8 heteroatoms. The van der Waals surface area contributed by atoms with Gasteiger partial charge in [-0.2, -0.15) is 5.26 Å². The van der Waals surface area contributed by atoms with Crippen LogP contribution in [-0.4, -0.2) is 21.6 Å². The molecule has 0 aliphatic carbocycles. The summed E-state index contributed by atoms with van der Waals surface area (Å²) in [6.45, 7) is 0.0598. The van der Waals surface area contributed by atoms with Gasteiger partial charge in [0.25, 0.3) is 5.69 Å². The van der Waals surface area contributed by atoms with Crippen LogP contribution in [0.2, 0.25) is 0 Å². The van der Waals surface area contributed by atoms with E-state index in [0.29, 0.717) is 16.9 Å². The molecule has 0 bridgehead atoms. The second kappa shape index (κ2) is 10.5. The maximum Gasteiger partial charge on any atom is 0.270 e. The second-order valence-electron chi connectivity index (χ2n) is 8.82. The lowest BCUT2D eigenvalue weighted by atomic mass is 9.92. The summed E-state index contributed by atoms with van der Waals surface area (Å²) in [4.78, 5) is 15.2. The zero-order valence-corrected chi connectivity index (χ0v) is 20.9. The van der Waals surface area contributed by atoms with Gasteiger partial charge in [0.05, 0.1) is 48.5 Å². The van der Waals surface area contributed by atoms with E-state index >= 15 is 0 Å². The number of aromatic nitrogens is 2. The third-order valence-corrected chi connectivity index (χ3v) is 6.55. The Morgan fingerprint density at radius 1 is 1.05 bits per heavy atom. The van der Waals surface area contributed by atoms with E-state index in [0.717, 1.165) is 33.2 Å². The molecule has 8 nitrogen and oxygen atoms in total. The second-order valence-corrected chi connectivity index (χ2v) is 8.82. The minimum atomic E-state index is -0.562. The molecule has 5 aromatic rings. The standard InChI is InChI=1S/C30H24N4O4/c1-33-19-32-17-28(33)30(38-18-23-14-24(34(35)36)12-13-29(23)37-2)21-10-11-22(16-31)27(15-21)26-9-5-7-20-6-3-4-8-25(20)26/h3-15,17,19,30H,18H2,1-2H3. The first-order chi connectivity index (χ1) is 18.5. The first-order valence-corrected chi connectivity index (χ1v) is 11.9. The number of methoxy groups -OCH3 is 1. The van der Waals surface area contributed by atoms with Gasteiger partial charge in [-0.15, -0.1) is 0 Å². The predicted molar refractivity (Wildman–Crippen MR) is 144 cm³/mol. The molecule has 0 N–H and O–H groups in total. The number of nitriles is 1. The van der Waals surface area contributed by atoms with Crippen molar-refractivity contribution in [3.05, 3.63) is 124 Å². The van der Waals surface area contributed by atoms with Crippen molar-refractivity contribution in [2.45, 2.75) is 12.7 Å². The quantitative estimate of drug-likeness (QED) is 0.181. The average molecular weight is 505 g/mol. The summed E-state index contributed by atoms with van der Waals surface area (Å²) in [7, 11) is 3.39. The van der Waals surface area contributed by atoms with E-state index < -0.39 is 11.0 Å². The van der Waals surface area contributed by atoms with Crippen molar-refractivity contribution < 1.29 is 14.4 Å². The highest BCUT2D eigenvalue weighted by molar-refractivity contribution is 5.97. The number of nitro groups is 1. The number of hydrogen-bond acceptors (Lipinski definition) is 6. The SMILES string of the molecule is COc1ccc([N+](=O)[O-])cc1COC(c1ccc(C#N)c(-c2cccc3ccccc23)c1)c1cncn1C. The Labute approximate surface area is 219 Å². The van der Waals surface area contributed by atoms with Crippen LogP contribution in [0.5, 0.6) is 5.75 Å². The molecule has 0 amide bonds. The highest BCUT2D eigenvalue weighted by Crippen LogP contribution is 2.36. The number of benzene rings is 4. The number of hydrogen-bond donors (Lipinski definition) is 0. The fraction of sp³-hybridized carbons (Fsp3) is 0.133. The molecule has 1 atom stereocenters. The molecule has 0 aliphatic heterocycles. The van der Waals surface area contributed by atoms with Crippen LogP contribution in [0.25, 0.3) is 21.9 Å². The van der Waals surface area contributed by atoms with E-state index in [4.69, 9.17) is 9.47 Å². The van der Waals surface area contributed by atoms with Crippen molar-refractivity contribution in [1.82, 2.24) is 9.55 Å². The average Bonchev–Trinajstić information content (AvgIpc) is 3.37. The van der Waals surface area contributed by atoms with Crippen LogP contribution in [0.15, 0.2) is 91.4 Å². The largest absolute Gasteiger partial charge is 0.496 e. The van der Waals surface area contributed by atoms with Gasteiger partial charge < -0.3 is 14.0 Å². The molecule has 0 fully saturated rings. The van der Waals surface area contributed by atoms with Crippen LogP contribution < -0.4 is 4.74 Å². The Bertz CT molecular complexity index is 1680. The maximum absolute atomic E-state index is 11.4. The normalized spacial score (nSPS) is 11.7. The lowest BCUT2D eigenvalue weighted by molar-refractivity contribution is -0.385. The molecule has 0 saturated carbocycles. The monoisotopic (exact) mass is 504 g/mol. The first-order valence-electron chi connectivity index (χ1n) is 11.9. The molecule has 0 saturated heterocycles. The summed E-state index contributed by atoms with van der Waals surface area (Å²) < 4.78 is 13.7. The van der Waals surface area contributed by atoms with Crippen molar-refractivity contribution in [3.63, 3.8) is 0 Å². The van der Waals surface area contributed by atoms with Crippen LogP contribution in [0.4, 0.5) is 5.69 Å². The number of aryl methyl sites for hydroxylation is 1. The molecule has 4 aromatic carbocycles. The number of imidazole rings is 1. The molecular weight excluding hydrogens is 480 g/mol. The Hall–Kier alpha value is -5.00. The van der Waals surface area contributed by atoms with Crippen LogP contribution in [-0.2, 0) is 18.4 Å². The fourth-order valence-electron chi connectivity index (χ4n) is 4.64. The van der Waals surface area contributed by atoms with Crippen molar-refractivity contribution in [3.8, 4) is 22.9 Å². The number of rotatable bonds is 8. The molecule has 0 aliphatic rings. The van der Waals surface area contributed by atoms with Gasteiger partial charge in [0.1, 0.15) is 11.9 Å². The summed E-state index contributed by atoms with van der Waals surface area (Å²) in [5, 5.41) is 23.4. The number of ether oxygens (including phenoxy) is 2. The van der Waals surface area contributed by atoms with Crippen molar-refractivity contribution in [2.24, 2.45) is 7.05 Å². The molecule has 1 unspecified atom stereocenters. The molecule has 0 spiro atoms. The lowest BCUT2D eigenvalue weighted by Gasteiger charge is -2.21. The summed E-state index contributed by atoms with van der Waals surface area (Å²) in [6, 6.07) is 26.5. The van der Waals surface area contributed by atoms with Crippen molar-refractivity contribution in [1.29, 1.82) is 5.26 Å². The third-order valence-electron chi connectivity index (χ3n) is 6.55. The van der Waals surface area contributed by atoms with E-state index in [1.807, 2.05) is 66.2 Å². The van der Waals surface area contributed by atoms with Gasteiger partial charge in [-0.05, 0) is 40.1 Å². The number of nitro benzene ring substituents is 1. The zero-order valence-electron chi connectivity index (χ0n) is 20.9. The van der Waals surface area contributed by atoms with Gasteiger partial charge in [-0.25, -0.2) is 4.98 Å². The van der Waals surface area contributed by atoms with E-state index in [2.05, 4.69) is 11.1 Å². The molecule has 1 aromatic heterocycles. The van der Waals surface area contributed by atoms with Crippen LogP contribution in [0.1, 0.15) is 28.5 Å². The van der Waals surface area contributed by atoms with Gasteiger partial charge in [0.15, 0.2) is 0 Å². The molecule has 1 heterocycles. The fourth-order valence-corrected chi connectivity index (χ4v) is 4.64. The third kappa shape index (κ3) is 4.71. The Kier molecular flexibility index (Phi) is 6.85. The van der Waals surface area contributed by atoms with E-state index in [-0.39, 0.29) is 12.3 Å². The number of nitrogens with zero attached hydrogens (tertiary/aromatic N) is 4. The predicted octanol–water partition coefficient (Wildman–Crippen LogP) is 6.33. The molecule has 38 heavy (non-hydrogen) atoms. The van der Waals surface area contributed by atoms with Crippen LogP contribution in [0.3, 0.4) is 0 Å². The highest BCUT2D eigenvalue weighted by atomic mass is 16.6. The Morgan fingerprint density at radius 2 is 1.87 bits per heavy atom. The molecule has 5 rings (SSSR count). The summed E-state index contributed by atoms with van der Waals surface area (Å²) >= 11 is 0. The minimum absolute atomic E-state index is 0.0434. The number of non-ortho nitro benzene ring substituents is 1. The summed E-state index contributed by atoms with van der Waals surface area (Å²) in [6.07, 6.45) is 2.85. The Balaban J connectivity index is 1.60. The van der Waals surface area contributed by atoms with E-state index in [1.54, 1.807) is 24.7 Å². The van der Waals surface area contributed by atoms with E-state index in [9.17, 15) is 15.4 Å². The Morgan fingerprint density at radius 3 is 2.61 bits per heavy atom. The van der Waals surface area contributed by atoms with Gasteiger partial charge >= 0.3 is 0 Å². The van der Waals surface area contributed by atoms with Gasteiger partial charge in [-0.3, -0.25) is 10.1 Å². The number of fused-ring (bicyclic) bond motifs is 1. The van der Waals surface area contributed by atoms with Crippen LogP contribution >= 0.6 is 0 Å². The van der Waals surface area contributed by atoms with Gasteiger partial charge in [-0.1, -0.05) is 48.5 Å². The van der Waals surface area contributed by atoms with Gasteiger partial charge in [0, 0.05) is 30.3 Å². The van der Waals surface area contributed by atoms with Crippen molar-refractivity contribution >= 4 is 16.5 Å². The van der Waals surface area contributed by atoms with E-state index in [1.165, 1.54) is 19.2 Å². The highest BCUT2D eigenvalue weighted by Gasteiger charge is 2.22. The first kappa shape index (κ1) is 24.7.